The van der Waals surface area contributed by atoms with Crippen LogP contribution in [0.15, 0.2) is 39.1 Å². The molecule has 0 aromatic heterocycles. The number of carbonyl (C=O) groups excluding carboxylic acids is 2. The summed E-state index contributed by atoms with van der Waals surface area (Å²) < 4.78 is 12.3. The highest BCUT2D eigenvalue weighted by Crippen LogP contribution is 2.50. The second-order valence-corrected chi connectivity index (χ2v) is 8.88. The van der Waals surface area contributed by atoms with Crippen LogP contribution in [0, 0.1) is 12.3 Å². The standard InChI is InChI=1S/C25H26BrNO4/c1-4-12-31-25-16(26)13-15(14-21(25)30-5-2)22-23-17(8-6-10-19(23)28)27(3)18-9-7-11-20(29)24(18)22/h1,13-14,22H,5-12H2,2-3H3. The van der Waals surface area contributed by atoms with E-state index >= 15 is 0 Å². The van der Waals surface area contributed by atoms with Crippen LogP contribution in [0.25, 0.3) is 0 Å². The topological polar surface area (TPSA) is 55.8 Å². The fourth-order valence-electron chi connectivity index (χ4n) is 4.96. The van der Waals surface area contributed by atoms with Gasteiger partial charge in [0.2, 0.25) is 0 Å². The van der Waals surface area contributed by atoms with Crippen molar-refractivity contribution in [1.82, 2.24) is 4.90 Å². The lowest BCUT2D eigenvalue weighted by Gasteiger charge is -2.42. The van der Waals surface area contributed by atoms with Crippen molar-refractivity contribution in [3.63, 3.8) is 0 Å². The van der Waals surface area contributed by atoms with Crippen LogP contribution in [0.4, 0.5) is 0 Å². The molecule has 0 amide bonds. The highest BCUT2D eigenvalue weighted by Gasteiger charge is 2.42. The lowest BCUT2D eigenvalue weighted by molar-refractivity contribution is -0.117. The molecule has 31 heavy (non-hydrogen) atoms. The first-order chi connectivity index (χ1) is 15.0. The molecule has 1 aromatic rings. The van der Waals surface area contributed by atoms with Crippen LogP contribution in [-0.2, 0) is 9.59 Å². The second kappa shape index (κ2) is 8.92. The number of rotatable bonds is 5. The minimum atomic E-state index is -0.376. The molecule has 1 aliphatic heterocycles. The number of terminal acetylenes is 1. The summed E-state index contributed by atoms with van der Waals surface area (Å²) in [5, 5.41) is 0. The molecule has 1 aromatic carbocycles. The van der Waals surface area contributed by atoms with Crippen molar-refractivity contribution in [3.05, 3.63) is 44.7 Å². The van der Waals surface area contributed by atoms with Crippen molar-refractivity contribution in [3.8, 4) is 23.8 Å². The molecule has 0 radical (unpaired) electrons. The molecule has 3 aliphatic rings. The van der Waals surface area contributed by atoms with Crippen molar-refractivity contribution in [2.24, 2.45) is 0 Å². The van der Waals surface area contributed by atoms with Gasteiger partial charge in [0.05, 0.1) is 11.1 Å². The van der Waals surface area contributed by atoms with Gasteiger partial charge in [0, 0.05) is 48.3 Å². The average Bonchev–Trinajstić information content (AvgIpc) is 2.75. The third-order valence-electron chi connectivity index (χ3n) is 6.21. The first kappa shape index (κ1) is 21.7. The Morgan fingerprint density at radius 1 is 1.06 bits per heavy atom. The number of hydrogen-bond donors (Lipinski definition) is 0. The number of nitrogens with zero attached hydrogens (tertiary/aromatic N) is 1. The Morgan fingerprint density at radius 2 is 1.68 bits per heavy atom. The summed E-state index contributed by atoms with van der Waals surface area (Å²) in [6, 6.07) is 3.83. The third kappa shape index (κ3) is 3.80. The second-order valence-electron chi connectivity index (χ2n) is 8.02. The highest BCUT2D eigenvalue weighted by molar-refractivity contribution is 9.10. The van der Waals surface area contributed by atoms with Gasteiger partial charge in [-0.05, 0) is 66.2 Å². The molecular weight excluding hydrogens is 458 g/mol. The SMILES string of the molecule is C#CCOc1c(Br)cc(C2C3=C(CCCC3=O)N(C)C3=C2C(=O)CCC3)cc1OCC. The zero-order chi connectivity index (χ0) is 22.1. The molecule has 4 rings (SSSR count). The number of benzene rings is 1. The zero-order valence-electron chi connectivity index (χ0n) is 17.9. The molecule has 0 atom stereocenters. The minimum Gasteiger partial charge on any atom is -0.490 e. The maximum atomic E-state index is 13.1. The van der Waals surface area contributed by atoms with Gasteiger partial charge in [-0.2, -0.15) is 0 Å². The predicted octanol–water partition coefficient (Wildman–Crippen LogP) is 4.90. The van der Waals surface area contributed by atoms with Crippen LogP contribution in [-0.4, -0.2) is 36.7 Å². The largest absolute Gasteiger partial charge is 0.490 e. The summed E-state index contributed by atoms with van der Waals surface area (Å²) >= 11 is 3.60. The average molecular weight is 484 g/mol. The van der Waals surface area contributed by atoms with E-state index in [9.17, 15) is 9.59 Å². The van der Waals surface area contributed by atoms with Crippen LogP contribution in [0.3, 0.4) is 0 Å². The summed E-state index contributed by atoms with van der Waals surface area (Å²) in [5.74, 6) is 3.44. The van der Waals surface area contributed by atoms with Crippen molar-refractivity contribution < 1.29 is 19.1 Å². The monoisotopic (exact) mass is 483 g/mol. The number of ether oxygens (including phenoxy) is 2. The molecule has 0 unspecified atom stereocenters. The summed E-state index contributed by atoms with van der Waals surface area (Å²) in [7, 11) is 2.00. The Hall–Kier alpha value is -2.52. The highest BCUT2D eigenvalue weighted by atomic mass is 79.9. The van der Waals surface area contributed by atoms with E-state index in [0.717, 1.165) is 53.8 Å². The first-order valence-corrected chi connectivity index (χ1v) is 11.6. The van der Waals surface area contributed by atoms with Crippen molar-refractivity contribution in [1.29, 1.82) is 0 Å². The molecule has 5 nitrogen and oxygen atoms in total. The fourth-order valence-corrected chi connectivity index (χ4v) is 5.53. The molecule has 2 aliphatic carbocycles. The number of Topliss-reactive ketones (excluding diaryl/α,β-unsaturated/α-hetero) is 2. The van der Waals surface area contributed by atoms with Gasteiger partial charge < -0.3 is 14.4 Å². The van der Waals surface area contributed by atoms with E-state index in [1.165, 1.54) is 0 Å². The van der Waals surface area contributed by atoms with Crippen molar-refractivity contribution in [2.45, 2.75) is 51.4 Å². The first-order valence-electron chi connectivity index (χ1n) is 10.8. The Kier molecular flexibility index (Phi) is 6.24. The van der Waals surface area contributed by atoms with Crippen LogP contribution in [0.5, 0.6) is 11.5 Å². The molecule has 0 bridgehead atoms. The Labute approximate surface area is 191 Å². The number of ketones is 2. The number of hydrogen-bond acceptors (Lipinski definition) is 5. The van der Waals surface area contributed by atoms with E-state index in [1.807, 2.05) is 26.1 Å². The lowest BCUT2D eigenvalue weighted by atomic mass is 9.71. The lowest BCUT2D eigenvalue weighted by Crippen LogP contribution is -2.37. The molecular formula is C25H26BrNO4. The van der Waals surface area contributed by atoms with Gasteiger partial charge in [0.1, 0.15) is 6.61 Å². The van der Waals surface area contributed by atoms with E-state index in [0.29, 0.717) is 35.4 Å². The van der Waals surface area contributed by atoms with Gasteiger partial charge in [0.25, 0.3) is 0 Å². The van der Waals surface area contributed by atoms with Gasteiger partial charge in [-0.3, -0.25) is 9.59 Å². The van der Waals surface area contributed by atoms with Gasteiger partial charge in [0.15, 0.2) is 23.1 Å². The molecule has 0 saturated heterocycles. The van der Waals surface area contributed by atoms with Crippen LogP contribution < -0.4 is 9.47 Å². The molecule has 0 spiro atoms. The zero-order valence-corrected chi connectivity index (χ0v) is 19.5. The van der Waals surface area contributed by atoms with Gasteiger partial charge >= 0.3 is 0 Å². The van der Waals surface area contributed by atoms with Crippen molar-refractivity contribution >= 4 is 27.5 Å². The van der Waals surface area contributed by atoms with Gasteiger partial charge in [-0.25, -0.2) is 0 Å². The van der Waals surface area contributed by atoms with Crippen molar-refractivity contribution in [2.75, 3.05) is 20.3 Å². The smallest absolute Gasteiger partial charge is 0.176 e. The summed E-state index contributed by atoms with van der Waals surface area (Å²) in [4.78, 5) is 28.4. The van der Waals surface area contributed by atoms with Crippen LogP contribution in [0.2, 0.25) is 0 Å². The van der Waals surface area contributed by atoms with E-state index in [1.54, 1.807) is 0 Å². The summed E-state index contributed by atoms with van der Waals surface area (Å²) in [6.45, 7) is 2.47. The summed E-state index contributed by atoms with van der Waals surface area (Å²) in [6.07, 6.45) is 9.79. The fraction of sp³-hybridized carbons (Fsp3) is 0.440. The molecule has 0 N–H and O–H groups in total. The molecule has 0 saturated carbocycles. The maximum Gasteiger partial charge on any atom is 0.176 e. The predicted molar refractivity (Wildman–Crippen MR) is 122 cm³/mol. The Balaban J connectivity index is 1.92. The number of halogens is 1. The molecule has 1 heterocycles. The maximum absolute atomic E-state index is 13.1. The number of allylic oxidation sites excluding steroid dienone is 4. The minimum absolute atomic E-state index is 0.119. The Morgan fingerprint density at radius 3 is 2.23 bits per heavy atom. The Bertz CT molecular complexity index is 1000. The van der Waals surface area contributed by atoms with Gasteiger partial charge in [-0.15, -0.1) is 6.42 Å². The molecule has 6 heteroatoms. The third-order valence-corrected chi connectivity index (χ3v) is 6.80. The van der Waals surface area contributed by atoms with Crippen LogP contribution in [0.1, 0.15) is 56.9 Å². The quantitative estimate of drug-likeness (QED) is 0.557. The van der Waals surface area contributed by atoms with Crippen LogP contribution >= 0.6 is 15.9 Å². The molecule has 162 valence electrons. The number of carbonyl (C=O) groups is 2. The summed E-state index contributed by atoms with van der Waals surface area (Å²) in [5.41, 5.74) is 4.48. The van der Waals surface area contributed by atoms with E-state index in [2.05, 4.69) is 26.8 Å². The molecule has 0 fully saturated rings. The van der Waals surface area contributed by atoms with E-state index < -0.39 is 0 Å². The van der Waals surface area contributed by atoms with Gasteiger partial charge in [-0.1, -0.05) is 5.92 Å². The van der Waals surface area contributed by atoms with E-state index in [-0.39, 0.29) is 24.1 Å². The normalized spacial score (nSPS) is 19.2. The van der Waals surface area contributed by atoms with E-state index in [4.69, 9.17) is 15.9 Å².